The van der Waals surface area contributed by atoms with Crippen LogP contribution in [-0.4, -0.2) is 44.7 Å². The third-order valence-corrected chi connectivity index (χ3v) is 3.30. The van der Waals surface area contributed by atoms with Crippen molar-refractivity contribution in [2.45, 2.75) is 32.9 Å². The van der Waals surface area contributed by atoms with E-state index in [4.69, 9.17) is 0 Å². The number of likely N-dealkylation sites (N-methyl/N-ethyl adjacent to an activating group) is 2. The third kappa shape index (κ3) is 6.16. The van der Waals surface area contributed by atoms with Gasteiger partial charge in [-0.15, -0.1) is 0 Å². The number of nitrogens with zero attached hydrogens (tertiary/aromatic N) is 3. The van der Waals surface area contributed by atoms with Crippen molar-refractivity contribution < 1.29 is 0 Å². The summed E-state index contributed by atoms with van der Waals surface area (Å²) in [6.07, 6.45) is 0. The van der Waals surface area contributed by atoms with E-state index in [2.05, 4.69) is 62.1 Å². The van der Waals surface area contributed by atoms with Crippen molar-refractivity contribution in [2.24, 2.45) is 0 Å². The van der Waals surface area contributed by atoms with E-state index < -0.39 is 0 Å². The molecule has 0 spiro atoms. The Hall–Kier alpha value is -1.57. The minimum absolute atomic E-state index is 0.0774. The van der Waals surface area contributed by atoms with Crippen LogP contribution in [-0.2, 0) is 6.54 Å². The average Bonchev–Trinajstić information content (AvgIpc) is 2.41. The number of rotatable bonds is 6. The molecule has 0 atom stereocenters. The molecule has 0 bridgehead atoms. The zero-order chi connectivity index (χ0) is 16.0. The highest BCUT2D eigenvalue weighted by atomic mass is 15.2. The lowest BCUT2D eigenvalue weighted by atomic mass is 10.1. The Morgan fingerprint density at radius 1 is 1.14 bits per heavy atom. The SMILES string of the molecule is CN(C)CCN(C)c1ccc(CNC(C)(C)C)cc1C#N. The maximum absolute atomic E-state index is 9.39. The number of benzene rings is 1. The molecular weight excluding hydrogens is 260 g/mol. The Bertz CT molecular complexity index is 494. The molecule has 0 radical (unpaired) electrons. The molecule has 0 saturated carbocycles. The molecule has 1 aromatic rings. The number of nitriles is 1. The average molecular weight is 288 g/mol. The molecule has 0 saturated heterocycles. The Morgan fingerprint density at radius 3 is 2.33 bits per heavy atom. The summed E-state index contributed by atoms with van der Waals surface area (Å²) in [6, 6.07) is 8.45. The second-order valence-electron chi connectivity index (χ2n) is 6.79. The number of hydrogen-bond acceptors (Lipinski definition) is 4. The molecule has 4 nitrogen and oxygen atoms in total. The standard InChI is InChI=1S/C17H28N4/c1-17(2,3)19-13-14-7-8-16(15(11-14)12-18)21(6)10-9-20(4)5/h7-8,11,19H,9-10,13H2,1-6H3. The monoisotopic (exact) mass is 288 g/mol. The lowest BCUT2D eigenvalue weighted by Crippen LogP contribution is -2.35. The minimum Gasteiger partial charge on any atom is -0.372 e. The van der Waals surface area contributed by atoms with Gasteiger partial charge in [0.25, 0.3) is 0 Å². The Labute approximate surface area is 129 Å². The van der Waals surface area contributed by atoms with E-state index in [-0.39, 0.29) is 5.54 Å². The molecule has 0 fully saturated rings. The van der Waals surface area contributed by atoms with Crippen LogP contribution in [0.15, 0.2) is 18.2 Å². The van der Waals surface area contributed by atoms with Crippen LogP contribution in [0.3, 0.4) is 0 Å². The van der Waals surface area contributed by atoms with Crippen molar-refractivity contribution in [3.8, 4) is 6.07 Å². The van der Waals surface area contributed by atoms with Gasteiger partial charge in [-0.05, 0) is 52.6 Å². The van der Waals surface area contributed by atoms with E-state index in [0.717, 1.165) is 36.4 Å². The van der Waals surface area contributed by atoms with Gasteiger partial charge in [0.05, 0.1) is 11.3 Å². The van der Waals surface area contributed by atoms with Gasteiger partial charge in [0.1, 0.15) is 6.07 Å². The lowest BCUT2D eigenvalue weighted by Gasteiger charge is -2.24. The fourth-order valence-electron chi connectivity index (χ4n) is 1.95. The quantitative estimate of drug-likeness (QED) is 0.873. The zero-order valence-electron chi connectivity index (χ0n) is 14.2. The van der Waals surface area contributed by atoms with E-state index in [1.54, 1.807) is 0 Å². The summed E-state index contributed by atoms with van der Waals surface area (Å²) >= 11 is 0. The van der Waals surface area contributed by atoms with Crippen LogP contribution in [0.5, 0.6) is 0 Å². The number of nitrogens with one attached hydrogen (secondary N) is 1. The van der Waals surface area contributed by atoms with Gasteiger partial charge in [-0.2, -0.15) is 5.26 Å². The zero-order valence-corrected chi connectivity index (χ0v) is 14.2. The van der Waals surface area contributed by atoms with Gasteiger partial charge >= 0.3 is 0 Å². The summed E-state index contributed by atoms with van der Waals surface area (Å²) in [5.74, 6) is 0. The van der Waals surface area contributed by atoms with E-state index >= 15 is 0 Å². The maximum atomic E-state index is 9.39. The predicted octanol–water partition coefficient (Wildman–Crippen LogP) is 2.44. The molecule has 1 aromatic carbocycles. The highest BCUT2D eigenvalue weighted by Gasteiger charge is 2.11. The Morgan fingerprint density at radius 2 is 1.81 bits per heavy atom. The Kier molecular flexibility index (Phi) is 6.19. The van der Waals surface area contributed by atoms with E-state index in [1.165, 1.54) is 0 Å². The summed E-state index contributed by atoms with van der Waals surface area (Å²) in [6.45, 7) is 9.07. The molecule has 0 amide bonds. The van der Waals surface area contributed by atoms with Crippen LogP contribution in [0.4, 0.5) is 5.69 Å². The van der Waals surface area contributed by atoms with Gasteiger partial charge < -0.3 is 15.1 Å². The minimum atomic E-state index is 0.0774. The first-order valence-corrected chi connectivity index (χ1v) is 7.37. The summed E-state index contributed by atoms with van der Waals surface area (Å²) in [5, 5.41) is 12.8. The molecule has 0 heterocycles. The fraction of sp³-hybridized carbons (Fsp3) is 0.588. The maximum Gasteiger partial charge on any atom is 0.101 e. The van der Waals surface area contributed by atoms with Crippen LogP contribution in [0, 0.1) is 11.3 Å². The molecule has 4 heteroatoms. The van der Waals surface area contributed by atoms with Gasteiger partial charge in [0.2, 0.25) is 0 Å². The normalized spacial score (nSPS) is 11.5. The highest BCUT2D eigenvalue weighted by Crippen LogP contribution is 2.20. The summed E-state index contributed by atoms with van der Waals surface area (Å²) in [5.41, 5.74) is 2.96. The second kappa shape index (κ2) is 7.44. The van der Waals surface area contributed by atoms with Crippen molar-refractivity contribution >= 4 is 5.69 Å². The first-order valence-electron chi connectivity index (χ1n) is 7.37. The molecule has 0 unspecified atom stereocenters. The topological polar surface area (TPSA) is 42.3 Å². The summed E-state index contributed by atoms with van der Waals surface area (Å²) in [4.78, 5) is 4.28. The van der Waals surface area contributed by atoms with Crippen LogP contribution >= 0.6 is 0 Å². The Balaban J connectivity index is 2.82. The first kappa shape index (κ1) is 17.5. The van der Waals surface area contributed by atoms with Gasteiger partial charge in [-0.3, -0.25) is 0 Å². The molecule has 0 aromatic heterocycles. The van der Waals surface area contributed by atoms with Gasteiger partial charge in [-0.1, -0.05) is 6.07 Å². The number of hydrogen-bond donors (Lipinski definition) is 1. The molecule has 1 rings (SSSR count). The molecule has 0 aliphatic carbocycles. The second-order valence-corrected chi connectivity index (χ2v) is 6.79. The summed E-state index contributed by atoms with van der Waals surface area (Å²) < 4.78 is 0. The van der Waals surface area contributed by atoms with Crippen LogP contribution < -0.4 is 10.2 Å². The first-order chi connectivity index (χ1) is 9.73. The van der Waals surface area contributed by atoms with Crippen LogP contribution in [0.25, 0.3) is 0 Å². The van der Waals surface area contributed by atoms with Crippen molar-refractivity contribution in [3.63, 3.8) is 0 Å². The summed E-state index contributed by atoms with van der Waals surface area (Å²) in [7, 11) is 6.15. The largest absolute Gasteiger partial charge is 0.372 e. The molecule has 116 valence electrons. The van der Waals surface area contributed by atoms with E-state index in [9.17, 15) is 5.26 Å². The van der Waals surface area contributed by atoms with Crippen LogP contribution in [0.2, 0.25) is 0 Å². The van der Waals surface area contributed by atoms with Crippen molar-refractivity contribution in [3.05, 3.63) is 29.3 Å². The number of anilines is 1. The van der Waals surface area contributed by atoms with Crippen LogP contribution in [0.1, 0.15) is 31.9 Å². The lowest BCUT2D eigenvalue weighted by molar-refractivity contribution is 0.416. The smallest absolute Gasteiger partial charge is 0.101 e. The molecular formula is C17H28N4. The fourth-order valence-corrected chi connectivity index (χ4v) is 1.95. The molecule has 0 aliphatic heterocycles. The van der Waals surface area contributed by atoms with Crippen molar-refractivity contribution in [1.29, 1.82) is 5.26 Å². The van der Waals surface area contributed by atoms with Crippen molar-refractivity contribution in [1.82, 2.24) is 10.2 Å². The predicted molar refractivity (Wildman–Crippen MR) is 89.6 cm³/mol. The van der Waals surface area contributed by atoms with E-state index in [1.807, 2.05) is 19.2 Å². The van der Waals surface area contributed by atoms with Crippen molar-refractivity contribution in [2.75, 3.05) is 39.1 Å². The van der Waals surface area contributed by atoms with Gasteiger partial charge in [0.15, 0.2) is 0 Å². The molecule has 21 heavy (non-hydrogen) atoms. The van der Waals surface area contributed by atoms with Gasteiger partial charge in [-0.25, -0.2) is 0 Å². The highest BCUT2D eigenvalue weighted by molar-refractivity contribution is 5.60. The third-order valence-electron chi connectivity index (χ3n) is 3.30. The molecule has 1 N–H and O–H groups in total. The van der Waals surface area contributed by atoms with E-state index in [0.29, 0.717) is 0 Å². The van der Waals surface area contributed by atoms with Gasteiger partial charge in [0, 0.05) is 32.2 Å². The molecule has 0 aliphatic rings.